The molecule has 0 saturated heterocycles. The molecule has 0 spiro atoms. The molecule has 2 rings (SSSR count). The maximum absolute atomic E-state index is 4.07. The Morgan fingerprint density at radius 1 is 1.33 bits per heavy atom. The van der Waals surface area contributed by atoms with Gasteiger partial charge >= 0.3 is 0 Å². The third-order valence-corrected chi connectivity index (χ3v) is 2.51. The number of nitrogens with zero attached hydrogens (tertiary/aromatic N) is 1. The fourth-order valence-electron chi connectivity index (χ4n) is 1.30. The summed E-state index contributed by atoms with van der Waals surface area (Å²) in [7, 11) is 0. The smallest absolute Gasteiger partial charge is 0.0357 e. The van der Waals surface area contributed by atoms with Gasteiger partial charge < -0.3 is 0 Å². The highest BCUT2D eigenvalue weighted by Crippen LogP contribution is 2.24. The number of halogens is 1. The van der Waals surface area contributed by atoms with Gasteiger partial charge in [-0.1, -0.05) is 22.0 Å². The van der Waals surface area contributed by atoms with E-state index in [4.69, 9.17) is 0 Å². The van der Waals surface area contributed by atoms with Crippen LogP contribution >= 0.6 is 15.9 Å². The fourth-order valence-corrected chi connectivity index (χ4v) is 1.99. The van der Waals surface area contributed by atoms with E-state index in [9.17, 15) is 0 Å². The molecule has 0 atom stereocenters. The van der Waals surface area contributed by atoms with Crippen LogP contribution in [0.4, 0.5) is 0 Å². The van der Waals surface area contributed by atoms with Gasteiger partial charge in [-0.3, -0.25) is 4.98 Å². The lowest BCUT2D eigenvalue weighted by molar-refractivity contribution is 1.35. The molecule has 0 saturated carbocycles. The summed E-state index contributed by atoms with van der Waals surface area (Å²) in [5.41, 5.74) is 1.26. The number of benzene rings is 1. The van der Waals surface area contributed by atoms with E-state index in [0.29, 0.717) is 0 Å². The van der Waals surface area contributed by atoms with Crippen LogP contribution in [0.3, 0.4) is 0 Å². The third-order valence-electron chi connectivity index (χ3n) is 1.85. The predicted molar refractivity (Wildman–Crippen MR) is 54.2 cm³/mol. The van der Waals surface area contributed by atoms with Gasteiger partial charge in [0.15, 0.2) is 0 Å². The van der Waals surface area contributed by atoms with Gasteiger partial charge in [-0.25, -0.2) is 0 Å². The molecule has 0 bridgehead atoms. The minimum Gasteiger partial charge on any atom is -0.264 e. The first-order valence-electron chi connectivity index (χ1n) is 3.77. The summed E-state index contributed by atoms with van der Waals surface area (Å²) in [6.45, 7) is 2.09. The lowest BCUT2D eigenvalue weighted by Gasteiger charge is -2.00. The molecule has 2 heteroatoms. The molecule has 0 fully saturated rings. The van der Waals surface area contributed by atoms with E-state index in [1.807, 2.05) is 18.5 Å². The van der Waals surface area contributed by atoms with Crippen molar-refractivity contribution < 1.29 is 0 Å². The Bertz CT molecular complexity index is 423. The number of hydrogen-bond donors (Lipinski definition) is 0. The second-order valence-electron chi connectivity index (χ2n) is 2.84. The molecule has 0 amide bonds. The first kappa shape index (κ1) is 7.74. The van der Waals surface area contributed by atoms with Crippen LogP contribution in [-0.2, 0) is 0 Å². The highest BCUT2D eigenvalue weighted by Gasteiger charge is 1.98. The van der Waals surface area contributed by atoms with Gasteiger partial charge in [-0.2, -0.15) is 0 Å². The quantitative estimate of drug-likeness (QED) is 0.666. The van der Waals surface area contributed by atoms with Crippen LogP contribution in [0, 0.1) is 6.92 Å². The average Bonchev–Trinajstić information content (AvgIpc) is 2.04. The molecule has 0 aliphatic heterocycles. The van der Waals surface area contributed by atoms with E-state index < -0.39 is 0 Å². The Kier molecular flexibility index (Phi) is 1.85. The van der Waals surface area contributed by atoms with E-state index in [0.717, 1.165) is 4.47 Å². The minimum absolute atomic E-state index is 1.12. The maximum Gasteiger partial charge on any atom is 0.0357 e. The van der Waals surface area contributed by atoms with Crippen LogP contribution in [-0.4, -0.2) is 4.98 Å². The van der Waals surface area contributed by atoms with Crippen molar-refractivity contribution in [2.24, 2.45) is 0 Å². The van der Waals surface area contributed by atoms with Crippen LogP contribution in [0.1, 0.15) is 5.56 Å². The Morgan fingerprint density at radius 2 is 2.17 bits per heavy atom. The first-order valence-corrected chi connectivity index (χ1v) is 4.56. The molecule has 60 valence electrons. The van der Waals surface area contributed by atoms with Gasteiger partial charge in [0.25, 0.3) is 0 Å². The lowest BCUT2D eigenvalue weighted by atomic mass is 10.1. The molecule has 0 aliphatic rings. The summed E-state index contributed by atoms with van der Waals surface area (Å²) in [5, 5.41) is 2.40. The van der Waals surface area contributed by atoms with Crippen molar-refractivity contribution in [3.63, 3.8) is 0 Å². The molecule has 0 unspecified atom stereocenters. The standard InChI is InChI=1S/C10H8BrN/c1-7-4-8-2-3-12-6-9(8)10(11)5-7/h2-6H,1H3. The van der Waals surface area contributed by atoms with E-state index in [1.165, 1.54) is 16.3 Å². The van der Waals surface area contributed by atoms with Gasteiger partial charge in [0.1, 0.15) is 0 Å². The minimum atomic E-state index is 1.12. The normalized spacial score (nSPS) is 10.5. The van der Waals surface area contributed by atoms with Crippen molar-refractivity contribution in [3.8, 4) is 0 Å². The monoisotopic (exact) mass is 221 g/mol. The van der Waals surface area contributed by atoms with Gasteiger partial charge in [0.05, 0.1) is 0 Å². The van der Waals surface area contributed by atoms with Crippen molar-refractivity contribution in [1.29, 1.82) is 0 Å². The van der Waals surface area contributed by atoms with Gasteiger partial charge in [-0.15, -0.1) is 0 Å². The highest BCUT2D eigenvalue weighted by molar-refractivity contribution is 9.10. The SMILES string of the molecule is Cc1cc(Br)c2cnccc2c1. The molecule has 1 heterocycles. The number of rotatable bonds is 0. The predicted octanol–water partition coefficient (Wildman–Crippen LogP) is 3.31. The highest BCUT2D eigenvalue weighted by atomic mass is 79.9. The zero-order chi connectivity index (χ0) is 8.55. The summed E-state index contributed by atoms with van der Waals surface area (Å²) in [6.07, 6.45) is 3.69. The Labute approximate surface area is 79.6 Å². The second kappa shape index (κ2) is 2.87. The van der Waals surface area contributed by atoms with Gasteiger partial charge in [0.2, 0.25) is 0 Å². The van der Waals surface area contributed by atoms with Crippen LogP contribution < -0.4 is 0 Å². The second-order valence-corrected chi connectivity index (χ2v) is 3.70. The molecular formula is C10H8BrN. The van der Waals surface area contributed by atoms with E-state index in [-0.39, 0.29) is 0 Å². The largest absolute Gasteiger partial charge is 0.264 e. The van der Waals surface area contributed by atoms with Crippen molar-refractivity contribution in [2.45, 2.75) is 6.92 Å². The van der Waals surface area contributed by atoms with Crippen LogP contribution in [0.25, 0.3) is 10.8 Å². The molecule has 0 radical (unpaired) electrons. The Morgan fingerprint density at radius 3 is 3.00 bits per heavy atom. The summed E-state index contributed by atoms with van der Waals surface area (Å²) < 4.78 is 1.12. The van der Waals surface area contributed by atoms with Crippen molar-refractivity contribution in [1.82, 2.24) is 4.98 Å². The van der Waals surface area contributed by atoms with Crippen LogP contribution in [0.15, 0.2) is 35.1 Å². The lowest BCUT2D eigenvalue weighted by Crippen LogP contribution is -1.79. The molecule has 1 aromatic heterocycles. The molecule has 12 heavy (non-hydrogen) atoms. The van der Waals surface area contributed by atoms with Gasteiger partial charge in [0, 0.05) is 22.3 Å². The number of fused-ring (bicyclic) bond motifs is 1. The zero-order valence-electron chi connectivity index (χ0n) is 6.71. The van der Waals surface area contributed by atoms with E-state index in [1.54, 1.807) is 0 Å². The summed E-state index contributed by atoms with van der Waals surface area (Å²) >= 11 is 3.51. The molecule has 0 N–H and O–H groups in total. The molecule has 0 aliphatic carbocycles. The molecule has 2 aromatic rings. The fraction of sp³-hybridized carbons (Fsp3) is 0.100. The summed E-state index contributed by atoms with van der Waals surface area (Å²) in [6, 6.07) is 6.28. The maximum atomic E-state index is 4.07. The number of aryl methyl sites for hydroxylation is 1. The number of aromatic nitrogens is 1. The molecule has 1 nitrogen and oxygen atoms in total. The number of hydrogen-bond acceptors (Lipinski definition) is 1. The van der Waals surface area contributed by atoms with Crippen molar-refractivity contribution in [3.05, 3.63) is 40.6 Å². The van der Waals surface area contributed by atoms with Crippen LogP contribution in [0.5, 0.6) is 0 Å². The zero-order valence-corrected chi connectivity index (χ0v) is 8.30. The van der Waals surface area contributed by atoms with Crippen LogP contribution in [0.2, 0.25) is 0 Å². The molecular weight excluding hydrogens is 214 g/mol. The first-order chi connectivity index (χ1) is 5.77. The third kappa shape index (κ3) is 1.23. The Balaban J connectivity index is 2.89. The van der Waals surface area contributed by atoms with Gasteiger partial charge in [-0.05, 0) is 30.0 Å². The van der Waals surface area contributed by atoms with Crippen molar-refractivity contribution in [2.75, 3.05) is 0 Å². The molecule has 1 aromatic carbocycles. The summed E-state index contributed by atoms with van der Waals surface area (Å²) in [4.78, 5) is 4.07. The number of pyridine rings is 1. The average molecular weight is 222 g/mol. The summed E-state index contributed by atoms with van der Waals surface area (Å²) in [5.74, 6) is 0. The topological polar surface area (TPSA) is 12.9 Å². The van der Waals surface area contributed by atoms with E-state index in [2.05, 4.69) is 40.0 Å². The van der Waals surface area contributed by atoms with E-state index >= 15 is 0 Å². The Hall–Kier alpha value is -0.890. The van der Waals surface area contributed by atoms with Crippen molar-refractivity contribution >= 4 is 26.7 Å².